The van der Waals surface area contributed by atoms with E-state index in [9.17, 15) is 4.79 Å². The average Bonchev–Trinajstić information content (AvgIpc) is 3.32. The number of nitrogens with one attached hydrogen (secondary N) is 1. The van der Waals surface area contributed by atoms with E-state index in [1.807, 2.05) is 58.1 Å². The van der Waals surface area contributed by atoms with E-state index in [-0.39, 0.29) is 5.91 Å². The molecule has 1 unspecified atom stereocenters. The molecule has 0 spiro atoms. The van der Waals surface area contributed by atoms with Crippen LogP contribution in [0, 0.1) is 4.64 Å². The highest BCUT2D eigenvalue weighted by Crippen LogP contribution is 2.31. The van der Waals surface area contributed by atoms with Gasteiger partial charge >= 0.3 is 0 Å². The number of carbonyl (C=O) groups excluding carboxylic acids is 1. The number of aromatic amines is 1. The van der Waals surface area contributed by atoms with Crippen molar-refractivity contribution >= 4 is 29.0 Å². The average molecular weight is 429 g/mol. The first-order valence-electron chi connectivity index (χ1n) is 10.7. The molecule has 3 heterocycles. The second-order valence-electron chi connectivity index (χ2n) is 8.05. The number of hydrogen-bond acceptors (Lipinski definition) is 3. The fraction of sp³-hybridized carbons (Fsp3) is 0.240. The molecule has 1 atom stereocenters. The lowest BCUT2D eigenvalue weighted by atomic mass is 9.89. The molecule has 5 rings (SSSR count). The number of pyridine rings is 1. The number of hydrogen-bond donors (Lipinski definition) is 1. The van der Waals surface area contributed by atoms with Crippen LogP contribution in [-0.2, 0) is 4.79 Å². The normalized spacial score (nSPS) is 15.8. The first kappa shape index (κ1) is 19.7. The van der Waals surface area contributed by atoms with Gasteiger partial charge < -0.3 is 9.47 Å². The van der Waals surface area contributed by atoms with Gasteiger partial charge in [0.25, 0.3) is 0 Å². The molecule has 5 nitrogen and oxygen atoms in total. The van der Waals surface area contributed by atoms with Gasteiger partial charge in [0.05, 0.1) is 17.1 Å². The largest absolute Gasteiger partial charge is 0.341 e. The highest BCUT2D eigenvalue weighted by molar-refractivity contribution is 7.71. The summed E-state index contributed by atoms with van der Waals surface area (Å²) in [6.07, 6.45) is 5.58. The van der Waals surface area contributed by atoms with Gasteiger partial charge in [-0.3, -0.25) is 9.89 Å². The third kappa shape index (κ3) is 3.79. The lowest BCUT2D eigenvalue weighted by molar-refractivity contribution is -0.134. The van der Waals surface area contributed by atoms with Crippen molar-refractivity contribution in [2.45, 2.75) is 24.8 Å². The van der Waals surface area contributed by atoms with Crippen LogP contribution in [0.5, 0.6) is 0 Å². The first-order chi connectivity index (χ1) is 15.2. The number of likely N-dealkylation sites (tertiary alicyclic amines) is 1. The van der Waals surface area contributed by atoms with Crippen molar-refractivity contribution in [2.24, 2.45) is 0 Å². The van der Waals surface area contributed by atoms with E-state index >= 15 is 0 Å². The first-order valence-corrected chi connectivity index (χ1v) is 11.1. The van der Waals surface area contributed by atoms with Gasteiger partial charge in [-0.2, -0.15) is 5.10 Å². The minimum atomic E-state index is -0.485. The summed E-state index contributed by atoms with van der Waals surface area (Å²) in [4.78, 5) is 15.8. The Bertz CT molecular complexity index is 1240. The summed E-state index contributed by atoms with van der Waals surface area (Å²) in [5.74, 6) is 0.599. The SMILES string of the molecule is O=C(C(c1ccccc1)n1ccc2[nH]ncc2c1=S)N1CCC(c2ccccc2)CC1. The summed E-state index contributed by atoms with van der Waals surface area (Å²) < 4.78 is 2.53. The fourth-order valence-electron chi connectivity index (χ4n) is 4.55. The Kier molecular flexibility index (Phi) is 5.38. The van der Waals surface area contributed by atoms with Crippen LogP contribution in [0.2, 0.25) is 0 Å². The Morgan fingerprint density at radius 2 is 1.68 bits per heavy atom. The highest BCUT2D eigenvalue weighted by atomic mass is 32.1. The molecule has 31 heavy (non-hydrogen) atoms. The molecular weight excluding hydrogens is 404 g/mol. The van der Waals surface area contributed by atoms with Crippen LogP contribution in [0.4, 0.5) is 0 Å². The van der Waals surface area contributed by atoms with Gasteiger partial charge in [0.15, 0.2) is 0 Å². The van der Waals surface area contributed by atoms with E-state index < -0.39 is 6.04 Å². The number of piperidine rings is 1. The molecule has 1 fully saturated rings. The molecule has 2 aromatic carbocycles. The van der Waals surface area contributed by atoms with E-state index in [1.54, 1.807) is 6.20 Å². The summed E-state index contributed by atoms with van der Waals surface area (Å²) in [6.45, 7) is 1.51. The lowest BCUT2D eigenvalue weighted by Crippen LogP contribution is -2.42. The predicted octanol–water partition coefficient (Wildman–Crippen LogP) is 5.09. The van der Waals surface area contributed by atoms with Gasteiger partial charge in [-0.25, -0.2) is 0 Å². The molecule has 2 aromatic heterocycles. The number of fused-ring (bicyclic) bond motifs is 1. The van der Waals surface area contributed by atoms with E-state index in [1.165, 1.54) is 5.56 Å². The molecule has 1 saturated heterocycles. The van der Waals surface area contributed by atoms with Gasteiger partial charge in [-0.15, -0.1) is 0 Å². The van der Waals surface area contributed by atoms with Gasteiger partial charge in [0.1, 0.15) is 10.7 Å². The molecule has 1 aliphatic rings. The molecule has 0 aliphatic carbocycles. The Balaban J connectivity index is 1.45. The van der Waals surface area contributed by atoms with Crippen molar-refractivity contribution in [3.8, 4) is 0 Å². The zero-order chi connectivity index (χ0) is 21.2. The second kappa shape index (κ2) is 8.47. The van der Waals surface area contributed by atoms with Crippen molar-refractivity contribution in [1.82, 2.24) is 19.7 Å². The van der Waals surface area contributed by atoms with Gasteiger partial charge in [0, 0.05) is 19.3 Å². The predicted molar refractivity (Wildman–Crippen MR) is 124 cm³/mol. The summed E-state index contributed by atoms with van der Waals surface area (Å²) in [5, 5.41) is 7.92. The quantitative estimate of drug-likeness (QED) is 0.461. The standard InChI is InChI=1S/C25H24N4OS/c30-24(28-14-11-19(12-15-28)18-7-3-1-4-8-18)23(20-9-5-2-6-10-20)29-16-13-22-21(25(29)31)17-26-27-22/h1-10,13,16-17,19,23H,11-12,14-15H2,(H,26,27). The highest BCUT2D eigenvalue weighted by Gasteiger charge is 2.31. The molecule has 1 N–H and O–H groups in total. The Hall–Kier alpha value is -3.25. The van der Waals surface area contributed by atoms with Crippen molar-refractivity contribution in [3.63, 3.8) is 0 Å². The topological polar surface area (TPSA) is 53.9 Å². The van der Waals surface area contributed by atoms with Crippen LogP contribution in [-0.4, -0.2) is 38.7 Å². The number of amides is 1. The molecule has 6 heteroatoms. The maximum Gasteiger partial charge on any atom is 0.250 e. The maximum atomic E-state index is 13.8. The molecule has 1 aliphatic heterocycles. The smallest absolute Gasteiger partial charge is 0.250 e. The van der Waals surface area contributed by atoms with E-state index in [0.717, 1.165) is 42.4 Å². The number of nitrogens with zero attached hydrogens (tertiary/aromatic N) is 3. The zero-order valence-corrected chi connectivity index (χ0v) is 18.0. The van der Waals surface area contributed by atoms with Crippen LogP contribution >= 0.6 is 12.2 Å². The van der Waals surface area contributed by atoms with Crippen LogP contribution in [0.15, 0.2) is 79.1 Å². The maximum absolute atomic E-state index is 13.8. The van der Waals surface area contributed by atoms with Gasteiger partial charge in [-0.05, 0) is 36.0 Å². The number of carbonyl (C=O) groups is 1. The summed E-state index contributed by atoms with van der Waals surface area (Å²) in [6, 6.07) is 22.0. The van der Waals surface area contributed by atoms with Crippen molar-refractivity contribution in [1.29, 1.82) is 0 Å². The Morgan fingerprint density at radius 1 is 1.00 bits per heavy atom. The molecule has 0 radical (unpaired) electrons. The van der Waals surface area contributed by atoms with Crippen LogP contribution < -0.4 is 0 Å². The number of rotatable bonds is 4. The monoisotopic (exact) mass is 428 g/mol. The molecule has 4 aromatic rings. The molecule has 1 amide bonds. The van der Waals surface area contributed by atoms with E-state index in [0.29, 0.717) is 10.6 Å². The molecular formula is C25H24N4OS. The third-order valence-corrected chi connectivity index (χ3v) is 6.67. The fourth-order valence-corrected chi connectivity index (χ4v) is 4.88. The van der Waals surface area contributed by atoms with Gasteiger partial charge in [-0.1, -0.05) is 72.9 Å². The zero-order valence-electron chi connectivity index (χ0n) is 17.1. The second-order valence-corrected chi connectivity index (χ2v) is 8.44. The van der Waals surface area contributed by atoms with Crippen LogP contribution in [0.1, 0.15) is 35.9 Å². The molecule has 0 saturated carbocycles. The number of aromatic nitrogens is 3. The summed E-state index contributed by atoms with van der Waals surface area (Å²) >= 11 is 5.76. The summed E-state index contributed by atoms with van der Waals surface area (Å²) in [7, 11) is 0. The van der Waals surface area contributed by atoms with Crippen LogP contribution in [0.25, 0.3) is 10.9 Å². The minimum Gasteiger partial charge on any atom is -0.341 e. The van der Waals surface area contributed by atoms with E-state index in [2.05, 4.69) is 34.5 Å². The molecule has 0 bridgehead atoms. The molecule has 156 valence electrons. The van der Waals surface area contributed by atoms with Crippen molar-refractivity contribution < 1.29 is 4.79 Å². The Labute approximate surface area is 186 Å². The van der Waals surface area contributed by atoms with Crippen molar-refractivity contribution in [3.05, 3.63) is 94.9 Å². The minimum absolute atomic E-state index is 0.0941. The Morgan fingerprint density at radius 3 is 2.39 bits per heavy atom. The lowest BCUT2D eigenvalue weighted by Gasteiger charge is -2.35. The third-order valence-electron chi connectivity index (χ3n) is 6.24. The van der Waals surface area contributed by atoms with Crippen molar-refractivity contribution in [2.75, 3.05) is 13.1 Å². The van der Waals surface area contributed by atoms with Gasteiger partial charge in [0.2, 0.25) is 5.91 Å². The number of H-pyrrole nitrogens is 1. The van der Waals surface area contributed by atoms with Crippen LogP contribution in [0.3, 0.4) is 0 Å². The van der Waals surface area contributed by atoms with E-state index in [4.69, 9.17) is 12.2 Å². The number of benzene rings is 2. The summed E-state index contributed by atoms with van der Waals surface area (Å²) in [5.41, 5.74) is 3.18.